The Labute approximate surface area is 167 Å². The van der Waals surface area contributed by atoms with Gasteiger partial charge in [0.25, 0.3) is 0 Å². The van der Waals surface area contributed by atoms with Gasteiger partial charge in [-0.25, -0.2) is 4.99 Å². The molecule has 1 aliphatic rings. The molecule has 0 unspecified atom stereocenters. The molecule has 0 aliphatic carbocycles. The number of para-hydroxylation sites is 2. The Balaban J connectivity index is 1.77. The van der Waals surface area contributed by atoms with Crippen molar-refractivity contribution in [2.24, 2.45) is 9.98 Å². The third-order valence-electron chi connectivity index (χ3n) is 4.46. The third kappa shape index (κ3) is 3.83. The Kier molecular flexibility index (Phi) is 5.50. The smallest absolute Gasteiger partial charge is 0.211 e. The minimum atomic E-state index is 0.223. The van der Waals surface area contributed by atoms with Crippen LogP contribution in [0.3, 0.4) is 0 Å². The van der Waals surface area contributed by atoms with Crippen LogP contribution in [0.1, 0.15) is 16.9 Å². The lowest BCUT2D eigenvalue weighted by Crippen LogP contribution is -2.15. The molecule has 0 amide bonds. The van der Waals surface area contributed by atoms with Crippen LogP contribution >= 0.6 is 11.3 Å². The Bertz CT molecular complexity index is 1090. The molecule has 142 valence electrons. The van der Waals surface area contributed by atoms with Crippen molar-refractivity contribution in [1.29, 1.82) is 0 Å². The van der Waals surface area contributed by atoms with E-state index in [4.69, 9.17) is 9.73 Å². The molecule has 0 spiro atoms. The van der Waals surface area contributed by atoms with Crippen molar-refractivity contribution in [2.75, 3.05) is 13.7 Å². The Morgan fingerprint density at radius 3 is 2.75 bits per heavy atom. The predicted molar refractivity (Wildman–Crippen MR) is 115 cm³/mol. The fourth-order valence-electron chi connectivity index (χ4n) is 3.08. The molecule has 0 atom stereocenters. The first-order valence-corrected chi connectivity index (χ1v) is 9.94. The third-order valence-corrected chi connectivity index (χ3v) is 5.48. The molecule has 0 saturated heterocycles. The summed E-state index contributed by atoms with van der Waals surface area (Å²) in [4.78, 5) is 10.7. The average Bonchev–Trinajstić information content (AvgIpc) is 3.25. The van der Waals surface area contributed by atoms with Crippen LogP contribution in [0, 0.1) is 0 Å². The highest BCUT2D eigenvalue weighted by Gasteiger charge is 2.15. The number of thiazole rings is 1. The van der Waals surface area contributed by atoms with Gasteiger partial charge in [0, 0.05) is 37.6 Å². The first-order valence-electron chi connectivity index (χ1n) is 9.13. The standard InChI is InChI=1S/C22H21N3O2S/c1-27-13-7-12-25-21(26)20(28-22(25)24-17-8-3-2-4-9-17)14-16-15-23-19-11-6-5-10-18(16)19/h2-6,8-11,14-15,26H,7,12-13H2,1H3. The summed E-state index contributed by atoms with van der Waals surface area (Å²) in [5.74, 6) is 0.223. The summed E-state index contributed by atoms with van der Waals surface area (Å²) in [6, 6.07) is 17.8. The van der Waals surface area contributed by atoms with E-state index in [1.165, 1.54) is 11.3 Å². The lowest BCUT2D eigenvalue weighted by atomic mass is 10.1. The zero-order valence-corrected chi connectivity index (χ0v) is 16.4. The van der Waals surface area contributed by atoms with Gasteiger partial charge < -0.3 is 9.84 Å². The first kappa shape index (κ1) is 18.4. The number of aromatic hydroxyl groups is 1. The number of rotatable bonds is 6. The van der Waals surface area contributed by atoms with Crippen molar-refractivity contribution >= 4 is 40.6 Å². The largest absolute Gasteiger partial charge is 0.493 e. The summed E-state index contributed by atoms with van der Waals surface area (Å²) in [6.45, 7) is 1.26. The zero-order valence-electron chi connectivity index (χ0n) is 15.6. The van der Waals surface area contributed by atoms with Crippen LogP contribution in [-0.4, -0.2) is 29.6 Å². The van der Waals surface area contributed by atoms with Crippen LogP contribution in [0.4, 0.5) is 11.4 Å². The van der Waals surface area contributed by atoms with Gasteiger partial charge in [-0.1, -0.05) is 47.7 Å². The predicted octanol–water partition coefficient (Wildman–Crippen LogP) is 4.78. The molecule has 0 saturated carbocycles. The van der Waals surface area contributed by atoms with Crippen molar-refractivity contribution in [3.05, 3.63) is 69.8 Å². The van der Waals surface area contributed by atoms with E-state index in [1.54, 1.807) is 7.11 Å². The van der Waals surface area contributed by atoms with E-state index < -0.39 is 0 Å². The summed E-state index contributed by atoms with van der Waals surface area (Å²) in [6.07, 6.45) is 4.61. The van der Waals surface area contributed by atoms with E-state index in [9.17, 15) is 5.11 Å². The summed E-state index contributed by atoms with van der Waals surface area (Å²) >= 11 is 1.47. The summed E-state index contributed by atoms with van der Waals surface area (Å²) in [7, 11) is 1.68. The molecule has 0 bridgehead atoms. The van der Waals surface area contributed by atoms with Crippen LogP contribution < -0.4 is 4.80 Å². The van der Waals surface area contributed by atoms with Gasteiger partial charge in [0.05, 0.1) is 16.3 Å². The summed E-state index contributed by atoms with van der Waals surface area (Å²) < 4.78 is 7.01. The van der Waals surface area contributed by atoms with Crippen molar-refractivity contribution < 1.29 is 9.84 Å². The second-order valence-corrected chi connectivity index (χ2v) is 7.40. The topological polar surface area (TPSA) is 59.1 Å². The highest BCUT2D eigenvalue weighted by atomic mass is 32.1. The van der Waals surface area contributed by atoms with Gasteiger partial charge in [-0.2, -0.15) is 0 Å². The maximum absolute atomic E-state index is 10.9. The Morgan fingerprint density at radius 2 is 1.93 bits per heavy atom. The van der Waals surface area contributed by atoms with Crippen molar-refractivity contribution in [3.8, 4) is 5.88 Å². The number of allylic oxidation sites excluding steroid dienone is 1. The van der Waals surface area contributed by atoms with E-state index in [-0.39, 0.29) is 5.88 Å². The minimum Gasteiger partial charge on any atom is -0.493 e. The van der Waals surface area contributed by atoms with Crippen LogP contribution in [0.2, 0.25) is 0 Å². The molecule has 28 heavy (non-hydrogen) atoms. The number of hydrogen-bond donors (Lipinski definition) is 1. The maximum atomic E-state index is 10.9. The number of nitrogens with zero attached hydrogens (tertiary/aromatic N) is 3. The molecule has 6 heteroatoms. The van der Waals surface area contributed by atoms with E-state index >= 15 is 0 Å². The zero-order chi connectivity index (χ0) is 19.3. The molecular formula is C22H21N3O2S. The minimum absolute atomic E-state index is 0.223. The van der Waals surface area contributed by atoms with Crippen LogP contribution in [0.5, 0.6) is 5.88 Å². The number of methoxy groups -OCH3 is 1. The fraction of sp³-hybridized carbons (Fsp3) is 0.182. The van der Waals surface area contributed by atoms with Crippen molar-refractivity contribution in [1.82, 2.24) is 4.57 Å². The molecule has 5 nitrogen and oxygen atoms in total. The molecule has 0 fully saturated rings. The second-order valence-electron chi connectivity index (χ2n) is 6.39. The lowest BCUT2D eigenvalue weighted by Gasteiger charge is -2.05. The van der Waals surface area contributed by atoms with Crippen LogP contribution in [0.25, 0.3) is 11.6 Å². The molecule has 2 aromatic carbocycles. The molecule has 1 aromatic heterocycles. The SMILES string of the molecule is COCCCn1c(O)c(C=C2C=Nc3ccccc32)sc1=Nc1ccccc1. The van der Waals surface area contributed by atoms with E-state index in [1.807, 2.05) is 71.5 Å². The molecule has 2 heterocycles. The van der Waals surface area contributed by atoms with Gasteiger partial charge in [-0.15, -0.1) is 0 Å². The number of ether oxygens (including phenoxy) is 1. The molecule has 4 rings (SSSR count). The van der Waals surface area contributed by atoms with Gasteiger partial charge in [0.2, 0.25) is 5.88 Å². The number of aliphatic imine (C=N–C) groups is 1. The molecular weight excluding hydrogens is 370 g/mol. The average molecular weight is 391 g/mol. The fourth-order valence-corrected chi connectivity index (χ4v) is 4.10. The van der Waals surface area contributed by atoms with Gasteiger partial charge in [0.15, 0.2) is 4.80 Å². The maximum Gasteiger partial charge on any atom is 0.211 e. The van der Waals surface area contributed by atoms with Gasteiger partial charge in [-0.05, 0) is 30.7 Å². The Morgan fingerprint density at radius 1 is 1.14 bits per heavy atom. The quantitative estimate of drug-likeness (QED) is 0.615. The van der Waals surface area contributed by atoms with Crippen molar-refractivity contribution in [2.45, 2.75) is 13.0 Å². The van der Waals surface area contributed by atoms with Crippen LogP contribution in [0.15, 0.2) is 64.6 Å². The highest BCUT2D eigenvalue weighted by Crippen LogP contribution is 2.34. The van der Waals surface area contributed by atoms with Crippen LogP contribution in [-0.2, 0) is 11.3 Å². The van der Waals surface area contributed by atoms with E-state index in [0.29, 0.717) is 13.2 Å². The molecule has 3 aromatic rings. The van der Waals surface area contributed by atoms with E-state index in [2.05, 4.69) is 4.99 Å². The first-order chi connectivity index (χ1) is 13.8. The number of fused-ring (bicyclic) bond motifs is 1. The summed E-state index contributed by atoms with van der Waals surface area (Å²) in [5, 5.41) is 10.9. The number of benzene rings is 2. The van der Waals surface area contributed by atoms with Gasteiger partial charge >= 0.3 is 0 Å². The lowest BCUT2D eigenvalue weighted by molar-refractivity contribution is 0.189. The number of hydrogen-bond acceptors (Lipinski definition) is 5. The van der Waals surface area contributed by atoms with Gasteiger partial charge in [-0.3, -0.25) is 9.56 Å². The summed E-state index contributed by atoms with van der Waals surface area (Å²) in [5.41, 5.74) is 3.87. The second kappa shape index (κ2) is 8.37. The monoisotopic (exact) mass is 391 g/mol. The molecule has 1 aliphatic heterocycles. The number of aromatic nitrogens is 1. The normalized spacial score (nSPS) is 14.8. The Hall–Kier alpha value is -2.96. The van der Waals surface area contributed by atoms with Crippen molar-refractivity contribution in [3.63, 3.8) is 0 Å². The van der Waals surface area contributed by atoms with E-state index in [0.717, 1.165) is 38.6 Å². The highest BCUT2D eigenvalue weighted by molar-refractivity contribution is 7.10. The molecule has 1 N–H and O–H groups in total. The van der Waals surface area contributed by atoms with Gasteiger partial charge in [0.1, 0.15) is 0 Å². The molecule has 0 radical (unpaired) electrons.